The van der Waals surface area contributed by atoms with Crippen LogP contribution >= 0.6 is 0 Å². The van der Waals surface area contributed by atoms with E-state index in [1.807, 2.05) is 38.1 Å². The third-order valence-corrected chi connectivity index (χ3v) is 4.77. The monoisotopic (exact) mass is 476 g/mol. The summed E-state index contributed by atoms with van der Waals surface area (Å²) in [5.74, 6) is -0.137. The van der Waals surface area contributed by atoms with Crippen LogP contribution in [0.5, 0.6) is 5.75 Å². The number of hydrogen-bond acceptors (Lipinski definition) is 10. The van der Waals surface area contributed by atoms with Crippen molar-refractivity contribution in [3.05, 3.63) is 65.2 Å². The molecule has 0 aliphatic rings. The van der Waals surface area contributed by atoms with Gasteiger partial charge >= 0.3 is 11.9 Å². The standard InChI is InChI=1S/C24H32N2O8/c1-17(2)25-14-22(16-32-21-11-6-18(7-12-21)8-13-23(27)31-3)34-24(28)20-9-4-19(5-10-20)15-33-26(29)30/h4-7,9-12,17,22,25,29-30H,8,13-16H2,1-3H3. The van der Waals surface area contributed by atoms with Crippen LogP contribution in [-0.4, -0.2) is 60.2 Å². The number of methoxy groups -OCH3 is 1. The van der Waals surface area contributed by atoms with Crippen molar-refractivity contribution in [1.82, 2.24) is 10.7 Å². The maximum Gasteiger partial charge on any atom is 0.338 e. The van der Waals surface area contributed by atoms with Gasteiger partial charge in [-0.3, -0.25) is 15.2 Å². The number of carbonyl (C=O) groups is 2. The number of nitrogens with zero attached hydrogens (tertiary/aromatic N) is 1. The number of esters is 2. The maximum atomic E-state index is 12.6. The van der Waals surface area contributed by atoms with E-state index in [0.29, 0.717) is 36.3 Å². The van der Waals surface area contributed by atoms with Gasteiger partial charge in [0.25, 0.3) is 0 Å². The molecule has 0 amide bonds. The Labute approximate surface area is 198 Å². The second kappa shape index (κ2) is 14.3. The summed E-state index contributed by atoms with van der Waals surface area (Å²) < 4.78 is 16.1. The second-order valence-electron chi connectivity index (χ2n) is 7.84. The topological polar surface area (TPSA) is 127 Å². The van der Waals surface area contributed by atoms with Crippen LogP contribution in [0, 0.1) is 0 Å². The van der Waals surface area contributed by atoms with Crippen molar-refractivity contribution in [3.63, 3.8) is 0 Å². The molecular weight excluding hydrogens is 444 g/mol. The van der Waals surface area contributed by atoms with Crippen LogP contribution in [0.2, 0.25) is 0 Å². The first-order valence-electron chi connectivity index (χ1n) is 10.9. The Kier molecular flexibility index (Phi) is 11.4. The van der Waals surface area contributed by atoms with Gasteiger partial charge in [-0.2, -0.15) is 0 Å². The predicted octanol–water partition coefficient (Wildman–Crippen LogP) is 2.91. The van der Waals surface area contributed by atoms with Crippen molar-refractivity contribution in [2.75, 3.05) is 20.3 Å². The summed E-state index contributed by atoms with van der Waals surface area (Å²) in [7, 11) is 1.37. The van der Waals surface area contributed by atoms with Gasteiger partial charge < -0.3 is 19.5 Å². The Morgan fingerprint density at radius 3 is 2.24 bits per heavy atom. The number of benzene rings is 2. The van der Waals surface area contributed by atoms with Crippen molar-refractivity contribution < 1.29 is 39.1 Å². The molecule has 10 heteroatoms. The first kappa shape index (κ1) is 27.2. The Hall–Kier alpha value is -3.02. The molecule has 2 rings (SSSR count). The largest absolute Gasteiger partial charge is 0.490 e. The third kappa shape index (κ3) is 10.3. The van der Waals surface area contributed by atoms with E-state index in [-0.39, 0.29) is 30.6 Å². The molecular formula is C24H32N2O8. The van der Waals surface area contributed by atoms with E-state index in [1.54, 1.807) is 24.3 Å². The quantitative estimate of drug-likeness (QED) is 0.277. The summed E-state index contributed by atoms with van der Waals surface area (Å²) in [6, 6.07) is 14.0. The molecule has 10 nitrogen and oxygen atoms in total. The van der Waals surface area contributed by atoms with E-state index in [4.69, 9.17) is 19.9 Å². The van der Waals surface area contributed by atoms with Crippen molar-refractivity contribution in [2.45, 2.75) is 45.4 Å². The van der Waals surface area contributed by atoms with Crippen molar-refractivity contribution in [1.29, 1.82) is 0 Å². The number of carbonyl (C=O) groups excluding carboxylic acids is 2. The van der Waals surface area contributed by atoms with Crippen LogP contribution in [0.25, 0.3) is 0 Å². The van der Waals surface area contributed by atoms with E-state index < -0.39 is 12.1 Å². The lowest BCUT2D eigenvalue weighted by Gasteiger charge is -2.20. The average Bonchev–Trinajstić information content (AvgIpc) is 2.83. The fraction of sp³-hybridized carbons (Fsp3) is 0.417. The van der Waals surface area contributed by atoms with Gasteiger partial charge in [0.1, 0.15) is 18.5 Å². The van der Waals surface area contributed by atoms with Crippen LogP contribution in [0.1, 0.15) is 41.8 Å². The summed E-state index contributed by atoms with van der Waals surface area (Å²) in [6.45, 7) is 4.48. The van der Waals surface area contributed by atoms with Gasteiger partial charge in [-0.15, -0.1) is 0 Å². The fourth-order valence-electron chi connectivity index (χ4n) is 2.88. The zero-order valence-corrected chi connectivity index (χ0v) is 19.6. The smallest absolute Gasteiger partial charge is 0.338 e. The van der Waals surface area contributed by atoms with E-state index in [1.165, 1.54) is 7.11 Å². The molecule has 0 aliphatic carbocycles. The van der Waals surface area contributed by atoms with E-state index >= 15 is 0 Å². The highest BCUT2D eigenvalue weighted by atomic mass is 17.1. The zero-order valence-electron chi connectivity index (χ0n) is 19.6. The van der Waals surface area contributed by atoms with Crippen molar-refractivity contribution in [2.24, 2.45) is 0 Å². The summed E-state index contributed by atoms with van der Waals surface area (Å²) in [5.41, 5.74) is 1.97. The lowest BCUT2D eigenvalue weighted by atomic mass is 10.1. The molecule has 2 aromatic rings. The van der Waals surface area contributed by atoms with Gasteiger partial charge in [0, 0.05) is 19.0 Å². The lowest BCUT2D eigenvalue weighted by molar-refractivity contribution is -0.497. The second-order valence-corrected chi connectivity index (χ2v) is 7.84. The van der Waals surface area contributed by atoms with Crippen LogP contribution in [0.4, 0.5) is 0 Å². The molecule has 0 aromatic heterocycles. The van der Waals surface area contributed by atoms with Crippen molar-refractivity contribution in [3.8, 4) is 5.75 Å². The van der Waals surface area contributed by atoms with Crippen LogP contribution in [0.3, 0.4) is 0 Å². The van der Waals surface area contributed by atoms with Gasteiger partial charge in [0.05, 0.1) is 24.7 Å². The van der Waals surface area contributed by atoms with Crippen LogP contribution in [-0.2, 0) is 32.1 Å². The molecule has 0 spiro atoms. The van der Waals surface area contributed by atoms with Gasteiger partial charge in [-0.1, -0.05) is 38.1 Å². The fourth-order valence-corrected chi connectivity index (χ4v) is 2.88. The van der Waals surface area contributed by atoms with Gasteiger partial charge in [0.15, 0.2) is 0 Å². The summed E-state index contributed by atoms with van der Waals surface area (Å²) >= 11 is 0. The Bertz CT molecular complexity index is 885. The number of hydrogen-bond donors (Lipinski definition) is 3. The number of aryl methyl sites for hydroxylation is 1. The number of nitrogens with one attached hydrogen (secondary N) is 1. The Morgan fingerprint density at radius 2 is 1.65 bits per heavy atom. The molecule has 34 heavy (non-hydrogen) atoms. The number of rotatable bonds is 14. The lowest BCUT2D eigenvalue weighted by Crippen LogP contribution is -2.38. The highest BCUT2D eigenvalue weighted by molar-refractivity contribution is 5.89. The SMILES string of the molecule is COC(=O)CCc1ccc(OCC(CNC(C)C)OC(=O)c2ccc(CON(O)O)cc2)cc1. The molecule has 2 aromatic carbocycles. The van der Waals surface area contributed by atoms with Gasteiger partial charge in [-0.05, 0) is 41.8 Å². The maximum absolute atomic E-state index is 12.6. The molecule has 0 aliphatic heterocycles. The highest BCUT2D eigenvalue weighted by Gasteiger charge is 2.18. The number of ether oxygens (including phenoxy) is 3. The first-order valence-corrected chi connectivity index (χ1v) is 10.9. The summed E-state index contributed by atoms with van der Waals surface area (Å²) in [4.78, 5) is 28.4. The van der Waals surface area contributed by atoms with Crippen LogP contribution < -0.4 is 10.1 Å². The minimum atomic E-state index is -0.533. The minimum absolute atomic E-state index is 0.0709. The molecule has 186 valence electrons. The molecule has 0 radical (unpaired) electrons. The van der Waals surface area contributed by atoms with E-state index in [9.17, 15) is 9.59 Å². The molecule has 0 saturated heterocycles. The third-order valence-electron chi connectivity index (χ3n) is 4.77. The molecule has 3 N–H and O–H groups in total. The van der Waals surface area contributed by atoms with Crippen LogP contribution in [0.15, 0.2) is 48.5 Å². The Morgan fingerprint density at radius 1 is 1.00 bits per heavy atom. The molecule has 0 bridgehead atoms. The predicted molar refractivity (Wildman–Crippen MR) is 121 cm³/mol. The molecule has 0 heterocycles. The summed E-state index contributed by atoms with van der Waals surface area (Å²) in [5, 5.41) is 20.1. The van der Waals surface area contributed by atoms with Crippen molar-refractivity contribution >= 4 is 11.9 Å². The van der Waals surface area contributed by atoms with E-state index in [0.717, 1.165) is 5.56 Å². The first-order chi connectivity index (χ1) is 16.3. The molecule has 1 unspecified atom stereocenters. The molecule has 0 fully saturated rings. The normalized spacial score (nSPS) is 12.0. The van der Waals surface area contributed by atoms with Gasteiger partial charge in [0.2, 0.25) is 0 Å². The zero-order chi connectivity index (χ0) is 24.9. The Balaban J connectivity index is 1.92. The molecule has 1 atom stereocenters. The molecule has 0 saturated carbocycles. The summed E-state index contributed by atoms with van der Waals surface area (Å²) in [6.07, 6.45) is 0.355. The van der Waals surface area contributed by atoms with E-state index in [2.05, 4.69) is 14.9 Å². The average molecular weight is 477 g/mol. The minimum Gasteiger partial charge on any atom is -0.490 e. The highest BCUT2D eigenvalue weighted by Crippen LogP contribution is 2.15. The van der Waals surface area contributed by atoms with Gasteiger partial charge in [-0.25, -0.2) is 9.63 Å².